The van der Waals surface area contributed by atoms with Crippen molar-refractivity contribution in [3.63, 3.8) is 0 Å². The molecule has 0 saturated carbocycles. The number of aldehydes is 1. The molecule has 24 heavy (non-hydrogen) atoms. The molecule has 1 fully saturated rings. The fraction of sp³-hybridized carbons (Fsp3) is 0.562. The summed E-state index contributed by atoms with van der Waals surface area (Å²) in [5.41, 5.74) is 5.82. The molecule has 0 bridgehead atoms. The average molecular weight is 340 g/mol. The number of aliphatic hydroxyl groups excluding tert-OH is 1. The maximum Gasteiger partial charge on any atom is 0.306 e. The highest BCUT2D eigenvalue weighted by atomic mass is 16.6. The summed E-state index contributed by atoms with van der Waals surface area (Å²) in [5, 5.41) is 7.00. The number of nitrogens with two attached hydrogens (primary N) is 1. The number of amides is 1. The third kappa shape index (κ3) is 6.13. The molecule has 0 aromatic heterocycles. The summed E-state index contributed by atoms with van der Waals surface area (Å²) >= 11 is 0. The first-order chi connectivity index (χ1) is 11.6. The summed E-state index contributed by atoms with van der Waals surface area (Å²) in [4.78, 5) is 34.6. The molecule has 0 aromatic rings. The van der Waals surface area contributed by atoms with Crippen molar-refractivity contribution in [2.75, 3.05) is 13.7 Å². The molecule has 0 radical (unpaired) electrons. The van der Waals surface area contributed by atoms with Gasteiger partial charge in [0.25, 0.3) is 0 Å². The molecule has 2 atom stereocenters. The van der Waals surface area contributed by atoms with Crippen LogP contribution in [0.4, 0.5) is 0 Å². The second kappa shape index (κ2) is 10.6. The van der Waals surface area contributed by atoms with Crippen LogP contribution in [0.15, 0.2) is 24.0 Å². The molecule has 2 rings (SSSR count). The Morgan fingerprint density at radius 3 is 2.88 bits per heavy atom. The smallest absolute Gasteiger partial charge is 0.306 e. The third-order valence-electron chi connectivity index (χ3n) is 3.55. The Morgan fingerprint density at radius 1 is 1.46 bits per heavy atom. The Labute approximate surface area is 140 Å². The number of hydrogen-bond acceptors (Lipinski definition) is 7. The van der Waals surface area contributed by atoms with Crippen LogP contribution in [0.25, 0.3) is 0 Å². The standard InChI is InChI=1S/C15H20N2O5.CH4O/c16-15(20)11-3-1-7-17(9-11)13-6-5-12(22-13)10-21-14(19)4-2-8-18;1-2/h1,7-9,12-13H,2-6,10H2,(H2,16,20);2H,1H3. The number of primary amides is 1. The Balaban J connectivity index is 0.00000139. The van der Waals surface area contributed by atoms with E-state index >= 15 is 0 Å². The Hall–Kier alpha value is -2.19. The van der Waals surface area contributed by atoms with Crippen LogP contribution in [-0.2, 0) is 23.9 Å². The van der Waals surface area contributed by atoms with Gasteiger partial charge in [-0.2, -0.15) is 0 Å². The van der Waals surface area contributed by atoms with Crippen molar-refractivity contribution >= 4 is 18.2 Å². The van der Waals surface area contributed by atoms with Gasteiger partial charge in [-0.05, 0) is 19.3 Å². The van der Waals surface area contributed by atoms with Crippen LogP contribution < -0.4 is 5.73 Å². The highest BCUT2D eigenvalue weighted by Crippen LogP contribution is 2.26. The van der Waals surface area contributed by atoms with E-state index in [1.807, 2.05) is 17.2 Å². The zero-order valence-electron chi connectivity index (χ0n) is 13.7. The maximum absolute atomic E-state index is 11.3. The summed E-state index contributed by atoms with van der Waals surface area (Å²) in [6.45, 7) is 0.179. The van der Waals surface area contributed by atoms with E-state index in [2.05, 4.69) is 0 Å². The number of esters is 1. The molecule has 0 aromatic carbocycles. The minimum Gasteiger partial charge on any atom is -0.463 e. The topological polar surface area (TPSA) is 119 Å². The van der Waals surface area contributed by atoms with E-state index in [4.69, 9.17) is 20.3 Å². The van der Waals surface area contributed by atoms with Crippen LogP contribution in [-0.4, -0.2) is 54.2 Å². The quantitative estimate of drug-likeness (QED) is 0.502. The van der Waals surface area contributed by atoms with Gasteiger partial charge in [0.1, 0.15) is 19.1 Å². The molecule has 3 N–H and O–H groups in total. The summed E-state index contributed by atoms with van der Waals surface area (Å²) < 4.78 is 10.9. The van der Waals surface area contributed by atoms with E-state index in [1.54, 1.807) is 6.20 Å². The molecule has 2 aliphatic heterocycles. The van der Waals surface area contributed by atoms with Gasteiger partial charge >= 0.3 is 5.97 Å². The number of allylic oxidation sites excluding steroid dienone is 1. The van der Waals surface area contributed by atoms with E-state index in [9.17, 15) is 14.4 Å². The highest BCUT2D eigenvalue weighted by molar-refractivity contribution is 5.92. The fourth-order valence-electron chi connectivity index (χ4n) is 2.38. The molecule has 2 heterocycles. The van der Waals surface area contributed by atoms with Crippen molar-refractivity contribution in [2.45, 2.75) is 44.4 Å². The van der Waals surface area contributed by atoms with Crippen molar-refractivity contribution in [3.8, 4) is 0 Å². The fourth-order valence-corrected chi connectivity index (χ4v) is 2.38. The van der Waals surface area contributed by atoms with E-state index < -0.39 is 11.9 Å². The lowest BCUT2D eigenvalue weighted by Crippen LogP contribution is -2.30. The molecule has 2 aliphatic rings. The first-order valence-electron chi connectivity index (χ1n) is 7.74. The average Bonchev–Trinajstić information content (AvgIpc) is 3.09. The van der Waals surface area contributed by atoms with Crippen molar-refractivity contribution in [1.29, 1.82) is 0 Å². The van der Waals surface area contributed by atoms with Crippen molar-refractivity contribution in [2.24, 2.45) is 5.73 Å². The summed E-state index contributed by atoms with van der Waals surface area (Å²) in [7, 11) is 1.00. The molecule has 0 aliphatic carbocycles. The second-order valence-electron chi connectivity index (χ2n) is 5.23. The number of ether oxygens (including phenoxy) is 2. The normalized spacial score (nSPS) is 22.2. The Bertz CT molecular complexity index is 503. The van der Waals surface area contributed by atoms with Gasteiger partial charge < -0.3 is 30.0 Å². The van der Waals surface area contributed by atoms with Gasteiger partial charge in [0.15, 0.2) is 0 Å². The van der Waals surface area contributed by atoms with Gasteiger partial charge in [0, 0.05) is 31.5 Å². The number of aliphatic hydroxyl groups is 1. The summed E-state index contributed by atoms with van der Waals surface area (Å²) in [6.07, 6.45) is 8.06. The predicted octanol–water partition coefficient (Wildman–Crippen LogP) is 0.211. The molecule has 0 spiro atoms. The van der Waals surface area contributed by atoms with Gasteiger partial charge in [0.2, 0.25) is 5.91 Å². The van der Waals surface area contributed by atoms with Gasteiger partial charge in [-0.3, -0.25) is 9.59 Å². The Morgan fingerprint density at radius 2 is 2.21 bits per heavy atom. The van der Waals surface area contributed by atoms with Crippen LogP contribution in [0.1, 0.15) is 32.1 Å². The number of hydrogen-bond donors (Lipinski definition) is 2. The van der Waals surface area contributed by atoms with Crippen LogP contribution >= 0.6 is 0 Å². The zero-order chi connectivity index (χ0) is 17.9. The third-order valence-corrected chi connectivity index (χ3v) is 3.55. The second-order valence-corrected chi connectivity index (χ2v) is 5.23. The van der Waals surface area contributed by atoms with Crippen LogP contribution in [0.2, 0.25) is 0 Å². The van der Waals surface area contributed by atoms with Gasteiger partial charge in [-0.25, -0.2) is 0 Å². The molecular formula is C16H24N2O6. The van der Waals surface area contributed by atoms with Gasteiger partial charge in [-0.15, -0.1) is 0 Å². The lowest BCUT2D eigenvalue weighted by molar-refractivity contribution is -0.149. The largest absolute Gasteiger partial charge is 0.463 e. The molecule has 8 heteroatoms. The SMILES string of the molecule is CO.NC(=O)C1=CN(C2CCC(COC(=O)CCC=O)O2)C=CC1. The number of carbonyl (C=O) groups is 3. The lowest BCUT2D eigenvalue weighted by Gasteiger charge is -2.27. The van der Waals surface area contributed by atoms with Crippen LogP contribution in [0.5, 0.6) is 0 Å². The number of rotatable bonds is 7. The van der Waals surface area contributed by atoms with E-state index in [0.717, 1.165) is 20.0 Å². The van der Waals surface area contributed by atoms with Gasteiger partial charge in [0.05, 0.1) is 12.5 Å². The minimum absolute atomic E-state index is 0.0964. The molecule has 134 valence electrons. The monoisotopic (exact) mass is 340 g/mol. The highest BCUT2D eigenvalue weighted by Gasteiger charge is 2.30. The summed E-state index contributed by atoms with van der Waals surface area (Å²) in [5.74, 6) is -0.832. The minimum atomic E-state index is -0.437. The predicted molar refractivity (Wildman–Crippen MR) is 85.2 cm³/mol. The Kier molecular flexibility index (Phi) is 8.74. The van der Waals surface area contributed by atoms with E-state index in [-0.39, 0.29) is 31.8 Å². The molecule has 8 nitrogen and oxygen atoms in total. The van der Waals surface area contributed by atoms with Crippen LogP contribution in [0.3, 0.4) is 0 Å². The number of carbonyl (C=O) groups excluding carboxylic acids is 3. The van der Waals surface area contributed by atoms with Crippen molar-refractivity contribution in [1.82, 2.24) is 4.90 Å². The van der Waals surface area contributed by atoms with Crippen molar-refractivity contribution in [3.05, 3.63) is 24.0 Å². The van der Waals surface area contributed by atoms with Crippen LogP contribution in [0, 0.1) is 0 Å². The first-order valence-corrected chi connectivity index (χ1v) is 7.74. The van der Waals surface area contributed by atoms with Crippen molar-refractivity contribution < 1.29 is 29.0 Å². The molecule has 1 amide bonds. The first kappa shape index (κ1) is 19.9. The maximum atomic E-state index is 11.3. The molecule has 2 unspecified atom stereocenters. The zero-order valence-corrected chi connectivity index (χ0v) is 13.7. The van der Waals surface area contributed by atoms with E-state index in [0.29, 0.717) is 18.3 Å². The molecule has 1 saturated heterocycles. The number of nitrogens with zero attached hydrogens (tertiary/aromatic N) is 1. The van der Waals surface area contributed by atoms with E-state index in [1.165, 1.54) is 0 Å². The van der Waals surface area contributed by atoms with Gasteiger partial charge in [-0.1, -0.05) is 6.08 Å². The summed E-state index contributed by atoms with van der Waals surface area (Å²) in [6, 6.07) is 0. The molecular weight excluding hydrogens is 316 g/mol. The lowest BCUT2D eigenvalue weighted by atomic mass is 10.1.